The molecule has 0 N–H and O–H groups in total. The first-order chi connectivity index (χ1) is 19.5. The Morgan fingerprint density at radius 3 is 2.44 bits per heavy atom. The second kappa shape index (κ2) is 14.6. The molecule has 2 unspecified atom stereocenters. The van der Waals surface area contributed by atoms with Crippen molar-refractivity contribution in [3.8, 4) is 11.5 Å². The first kappa shape index (κ1) is 31.5. The van der Waals surface area contributed by atoms with E-state index < -0.39 is 46.6 Å². The highest BCUT2D eigenvalue weighted by Gasteiger charge is 2.24. The lowest BCUT2D eigenvalue weighted by atomic mass is 10.1. The Balaban J connectivity index is 1.77. The lowest BCUT2D eigenvalue weighted by Crippen LogP contribution is -2.35. The molecule has 1 saturated heterocycles. The third-order valence-corrected chi connectivity index (χ3v) is 10.0. The van der Waals surface area contributed by atoms with Crippen molar-refractivity contribution in [1.82, 2.24) is 4.67 Å². The predicted octanol–water partition coefficient (Wildman–Crippen LogP) is 2.74. The number of azide groups is 1. The van der Waals surface area contributed by atoms with E-state index in [1.165, 1.54) is 18.2 Å². The Kier molecular flexibility index (Phi) is 11.2. The molecular formula is C21H20N6O11PS2-. The number of benzene rings is 2. The fourth-order valence-electron chi connectivity index (χ4n) is 3.47. The molecule has 1 heterocycles. The van der Waals surface area contributed by atoms with Gasteiger partial charge in [0.1, 0.15) is 29.8 Å². The quantitative estimate of drug-likeness (QED) is 0.0359. The molecule has 1 aliphatic rings. The summed E-state index contributed by atoms with van der Waals surface area (Å²) in [4.78, 5) is 57.4. The van der Waals surface area contributed by atoms with E-state index in [-0.39, 0.29) is 22.7 Å². The Morgan fingerprint density at radius 2 is 1.83 bits per heavy atom. The predicted molar refractivity (Wildman–Crippen MR) is 145 cm³/mol. The molecule has 17 nitrogen and oxygen atoms in total. The Labute approximate surface area is 241 Å². The van der Waals surface area contributed by atoms with Crippen molar-refractivity contribution < 1.29 is 43.6 Å². The monoisotopic (exact) mass is 627 g/mol. The molecule has 218 valence electrons. The van der Waals surface area contributed by atoms with Crippen LogP contribution in [0.25, 0.3) is 10.4 Å². The van der Waals surface area contributed by atoms with Crippen LogP contribution < -0.4 is 14.8 Å². The molecule has 0 aliphatic carbocycles. The summed E-state index contributed by atoms with van der Waals surface area (Å²) in [5.74, 6) is -2.40. The second-order valence-electron chi connectivity index (χ2n) is 7.99. The lowest BCUT2D eigenvalue weighted by molar-refractivity contribution is -0.789. The van der Waals surface area contributed by atoms with Crippen LogP contribution >= 0.6 is 5.39 Å². The Morgan fingerprint density at radius 1 is 1.15 bits per heavy atom. The van der Waals surface area contributed by atoms with Crippen molar-refractivity contribution in [2.75, 3.05) is 32.9 Å². The van der Waals surface area contributed by atoms with Crippen molar-refractivity contribution in [2.45, 2.75) is 12.5 Å². The van der Waals surface area contributed by atoms with E-state index in [9.17, 15) is 29.8 Å². The fraction of sp³-hybridized carbons (Fsp3) is 0.333. The molecular weight excluding hydrogens is 607 g/mol. The first-order valence-corrected chi connectivity index (χ1v) is 15.2. The maximum Gasteiger partial charge on any atom is 0.347 e. The van der Waals surface area contributed by atoms with Crippen LogP contribution in [-0.2, 0) is 43.3 Å². The molecule has 1 aliphatic heterocycles. The Bertz CT molecular complexity index is 1400. The van der Waals surface area contributed by atoms with E-state index in [2.05, 4.69) is 19.7 Å². The number of hydrogen-bond acceptors (Lipinski definition) is 14. The summed E-state index contributed by atoms with van der Waals surface area (Å²) in [6.45, 7) is 1.35. The molecule has 2 aromatic rings. The van der Waals surface area contributed by atoms with E-state index in [4.69, 9.17) is 43.8 Å². The van der Waals surface area contributed by atoms with E-state index >= 15 is 0 Å². The van der Waals surface area contributed by atoms with Crippen LogP contribution in [0.2, 0.25) is 0 Å². The summed E-state index contributed by atoms with van der Waals surface area (Å²) in [5.41, 5.74) is 8.40. The summed E-state index contributed by atoms with van der Waals surface area (Å²) >= 11 is 11.5. The number of nitrogens with zero attached hydrogens (tertiary/aromatic N) is 6. The van der Waals surface area contributed by atoms with Gasteiger partial charge in [-0.15, -0.1) is 32.0 Å². The van der Waals surface area contributed by atoms with Crippen LogP contribution in [-0.4, -0.2) is 65.8 Å². The van der Waals surface area contributed by atoms with Gasteiger partial charge in [-0.05, 0) is 41.2 Å². The molecule has 2 atom stereocenters. The molecule has 0 saturated carbocycles. The van der Waals surface area contributed by atoms with Gasteiger partial charge in [0.25, 0.3) is 10.2 Å². The summed E-state index contributed by atoms with van der Waals surface area (Å²) < 4.78 is 17.9. The summed E-state index contributed by atoms with van der Waals surface area (Å²) in [5, 5.41) is 20.2. The smallest absolute Gasteiger partial charge is 0.347 e. The molecule has 0 radical (unpaired) electrons. The van der Waals surface area contributed by atoms with Gasteiger partial charge in [0.15, 0.2) is 0 Å². The van der Waals surface area contributed by atoms with Crippen LogP contribution in [0.15, 0.2) is 47.6 Å². The van der Waals surface area contributed by atoms with Gasteiger partial charge in [-0.2, -0.15) is 0 Å². The minimum Gasteiger partial charge on any atom is -0.727 e. The van der Waals surface area contributed by atoms with Crippen LogP contribution in [0.1, 0.15) is 16.8 Å². The number of ether oxygens (including phenoxy) is 3. The summed E-state index contributed by atoms with van der Waals surface area (Å²) in [6.07, 6.45) is -2.53. The minimum absolute atomic E-state index is 0.0131. The molecule has 0 amide bonds. The molecule has 0 bridgehead atoms. The van der Waals surface area contributed by atoms with E-state index in [1.54, 1.807) is 12.1 Å². The van der Waals surface area contributed by atoms with Gasteiger partial charge in [-0.3, -0.25) is 9.46 Å². The highest BCUT2D eigenvalue weighted by atomic mass is 32.9. The number of carbonyl (C=O) groups is 2. The largest absolute Gasteiger partial charge is 0.727 e. The van der Waals surface area contributed by atoms with Crippen molar-refractivity contribution in [3.63, 3.8) is 0 Å². The molecule has 20 heteroatoms. The summed E-state index contributed by atoms with van der Waals surface area (Å²) in [6, 6.07) is 9.78. The van der Waals surface area contributed by atoms with Crippen LogP contribution in [0, 0.1) is 20.2 Å². The zero-order chi connectivity index (χ0) is 30.0. The molecule has 0 spiro atoms. The van der Waals surface area contributed by atoms with Crippen molar-refractivity contribution in [3.05, 3.63) is 78.7 Å². The average molecular weight is 628 g/mol. The zero-order valence-corrected chi connectivity index (χ0v) is 23.3. The van der Waals surface area contributed by atoms with E-state index in [1.807, 2.05) is 4.67 Å². The van der Waals surface area contributed by atoms with Gasteiger partial charge in [0, 0.05) is 23.7 Å². The highest BCUT2D eigenvalue weighted by molar-refractivity contribution is 8.56. The number of hydrogen-bond donors (Lipinski definition) is 0. The standard InChI is InChI=1S/C21H21N6O11PS2/c22-24-23-14-1-6-19(37-20(28)12-16(38-27(32)33)13-35-26(30)31)18(11-14)21(29)36-15-2-4-17(5-3-15)39(40,41)25-7-9-34-10-8-25/h1-6,11,16H,7-10,12-13H2,(H,40,41)/p-1. The van der Waals surface area contributed by atoms with Gasteiger partial charge in [-0.25, -0.2) is 4.79 Å². The third-order valence-electron chi connectivity index (χ3n) is 5.30. The minimum atomic E-state index is -2.48. The normalized spacial score (nSPS) is 15.3. The third kappa shape index (κ3) is 9.28. The SMILES string of the molecule is [N-]=[N+]=Nc1ccc(OC(=O)CC(CO[N+](=O)[O-])O[N+](=O)[O-])c(C(=O)Oc2ccc(P(=S)([S-])N3CCOCC3)cc2)c1. The zero-order valence-electron chi connectivity index (χ0n) is 20.8. The number of morpholine rings is 1. The molecule has 0 aromatic heterocycles. The molecule has 41 heavy (non-hydrogen) atoms. The molecule has 1 fully saturated rings. The van der Waals surface area contributed by atoms with Gasteiger partial charge in [0.05, 0.1) is 19.6 Å². The van der Waals surface area contributed by atoms with Crippen molar-refractivity contribution in [1.29, 1.82) is 0 Å². The van der Waals surface area contributed by atoms with Crippen LogP contribution in [0.4, 0.5) is 5.69 Å². The van der Waals surface area contributed by atoms with Crippen molar-refractivity contribution in [2.24, 2.45) is 5.11 Å². The van der Waals surface area contributed by atoms with Gasteiger partial charge >= 0.3 is 11.9 Å². The van der Waals surface area contributed by atoms with Gasteiger partial charge in [-0.1, -0.05) is 22.6 Å². The van der Waals surface area contributed by atoms with E-state index in [0.29, 0.717) is 26.3 Å². The second-order valence-corrected chi connectivity index (χ2v) is 14.0. The number of esters is 2. The lowest BCUT2D eigenvalue weighted by Gasteiger charge is -2.43. The molecule has 2 aromatic carbocycles. The Hall–Kier alpha value is -3.99. The first-order valence-electron chi connectivity index (χ1n) is 11.4. The molecule has 3 rings (SSSR count). The highest BCUT2D eigenvalue weighted by Crippen LogP contribution is 2.46. The van der Waals surface area contributed by atoms with Crippen LogP contribution in [0.3, 0.4) is 0 Å². The van der Waals surface area contributed by atoms with Crippen molar-refractivity contribution >= 4 is 52.4 Å². The fourth-order valence-corrected chi connectivity index (χ4v) is 6.72. The topological polar surface area (TPSA) is 219 Å². The van der Waals surface area contributed by atoms with E-state index in [0.717, 1.165) is 17.4 Å². The average Bonchev–Trinajstić information content (AvgIpc) is 2.93. The van der Waals surface area contributed by atoms with Crippen LogP contribution in [0.5, 0.6) is 11.5 Å². The maximum absolute atomic E-state index is 13.0. The van der Waals surface area contributed by atoms with Gasteiger partial charge < -0.3 is 36.1 Å². The van der Waals surface area contributed by atoms with Gasteiger partial charge in [0.2, 0.25) is 0 Å². The number of rotatable bonds is 13. The summed E-state index contributed by atoms with van der Waals surface area (Å²) in [7, 11) is 0. The number of carbonyl (C=O) groups excluding carboxylic acids is 2. The maximum atomic E-state index is 13.0.